The minimum atomic E-state index is -1.15. The molecule has 0 spiro atoms. The molecule has 2 unspecified atom stereocenters. The topological polar surface area (TPSA) is 45.5 Å². The van der Waals surface area contributed by atoms with E-state index in [1.807, 2.05) is 21.6 Å². The van der Waals surface area contributed by atoms with Crippen molar-refractivity contribution in [1.29, 1.82) is 5.26 Å². The zero-order chi connectivity index (χ0) is 17.5. The third-order valence-corrected chi connectivity index (χ3v) is 9.17. The van der Waals surface area contributed by atoms with E-state index in [1.54, 1.807) is 0 Å². The molecule has 1 rings (SSSR count). The van der Waals surface area contributed by atoms with Gasteiger partial charge in [0.2, 0.25) is 0 Å². The van der Waals surface area contributed by atoms with Crippen LogP contribution in [0.25, 0.3) is 0 Å². The smallest absolute Gasteiger partial charge is 0.259 e. The molecule has 0 N–H and O–H groups in total. The largest absolute Gasteiger partial charge is 0.321 e. The molecule has 23 heavy (non-hydrogen) atoms. The Morgan fingerprint density at radius 3 is 2.52 bits per heavy atom. The van der Waals surface area contributed by atoms with Crippen molar-refractivity contribution in [1.82, 2.24) is 4.67 Å². The van der Waals surface area contributed by atoms with Crippen LogP contribution in [0.15, 0.2) is 0 Å². The van der Waals surface area contributed by atoms with Crippen LogP contribution in [0.3, 0.4) is 0 Å². The third-order valence-electron chi connectivity index (χ3n) is 3.62. The lowest BCUT2D eigenvalue weighted by Gasteiger charge is -2.40. The Kier molecular flexibility index (Phi) is 9.82. The monoisotopic (exact) mass is 378 g/mol. The summed E-state index contributed by atoms with van der Waals surface area (Å²) in [7, 11) is 2.72. The molecule has 1 heterocycles. The van der Waals surface area contributed by atoms with Crippen molar-refractivity contribution in [2.45, 2.75) is 83.7 Å². The summed E-state index contributed by atoms with van der Waals surface area (Å²) >= 11 is 0. The average Bonchev–Trinajstić information content (AvgIpc) is 2.60. The molecule has 0 radical (unpaired) electrons. The van der Waals surface area contributed by atoms with Crippen LogP contribution >= 0.6 is 30.1 Å². The first kappa shape index (κ1) is 21.5. The number of nitriles is 1. The van der Waals surface area contributed by atoms with E-state index < -0.39 is 8.53 Å². The lowest BCUT2D eigenvalue weighted by molar-refractivity contribution is 0.109. The first-order chi connectivity index (χ1) is 10.8. The molecule has 0 aromatic heterocycles. The predicted octanol–water partition coefficient (Wildman–Crippen LogP) is 5.60. The summed E-state index contributed by atoms with van der Waals surface area (Å²) in [5, 5.41) is 8.79. The van der Waals surface area contributed by atoms with Gasteiger partial charge in [-0.3, -0.25) is 0 Å². The van der Waals surface area contributed by atoms with Gasteiger partial charge in [-0.25, -0.2) is 4.67 Å². The molecule has 0 aromatic rings. The van der Waals surface area contributed by atoms with Crippen LogP contribution in [0.5, 0.6) is 0 Å². The molecule has 0 saturated carbocycles. The summed E-state index contributed by atoms with van der Waals surface area (Å²) in [5.41, 5.74) is 0. The molecule has 1 fully saturated rings. The van der Waals surface area contributed by atoms with E-state index in [1.165, 1.54) is 12.2 Å². The first-order valence-electron chi connectivity index (χ1n) is 8.35. The summed E-state index contributed by atoms with van der Waals surface area (Å²) in [4.78, 5) is 0. The van der Waals surface area contributed by atoms with E-state index in [0.717, 1.165) is 6.42 Å². The van der Waals surface area contributed by atoms with Crippen molar-refractivity contribution < 1.29 is 9.05 Å². The average molecular weight is 379 g/mol. The fourth-order valence-electron chi connectivity index (χ4n) is 2.51. The Hall–Kier alpha value is 0.500. The van der Waals surface area contributed by atoms with E-state index in [-0.39, 0.29) is 10.9 Å². The molecule has 0 aromatic carbocycles. The van der Waals surface area contributed by atoms with Crippen LogP contribution < -0.4 is 0 Å². The van der Waals surface area contributed by atoms with Gasteiger partial charge >= 0.3 is 0 Å². The maximum absolute atomic E-state index is 8.79. The Morgan fingerprint density at radius 1 is 1.30 bits per heavy atom. The summed E-state index contributed by atoms with van der Waals surface area (Å²) in [5.74, 6) is 1.18. The van der Waals surface area contributed by atoms with E-state index in [0.29, 0.717) is 25.1 Å². The number of hydrogen-bond donors (Lipinski definition) is 0. The van der Waals surface area contributed by atoms with Gasteiger partial charge in [0.05, 0.1) is 25.2 Å². The van der Waals surface area contributed by atoms with Crippen LogP contribution in [-0.4, -0.2) is 40.0 Å². The van der Waals surface area contributed by atoms with Gasteiger partial charge in [-0.2, -0.15) is 5.26 Å². The van der Waals surface area contributed by atoms with Gasteiger partial charge in [-0.05, 0) is 54.4 Å². The molecule has 0 bridgehead atoms. The Bertz CT molecular complexity index is 381. The van der Waals surface area contributed by atoms with Crippen molar-refractivity contribution >= 4 is 30.1 Å². The third kappa shape index (κ3) is 7.10. The van der Waals surface area contributed by atoms with Crippen molar-refractivity contribution in [3.05, 3.63) is 0 Å². The van der Waals surface area contributed by atoms with Gasteiger partial charge < -0.3 is 9.05 Å². The number of hydrogen-bond acceptors (Lipinski definition) is 6. The van der Waals surface area contributed by atoms with Crippen LogP contribution in [0.4, 0.5) is 0 Å². The second-order valence-electron chi connectivity index (χ2n) is 6.79. The van der Waals surface area contributed by atoms with Crippen molar-refractivity contribution in [3.63, 3.8) is 0 Å². The second kappa shape index (κ2) is 10.5. The highest BCUT2D eigenvalue weighted by molar-refractivity contribution is 8.77. The molecular weight excluding hydrogens is 347 g/mol. The minimum absolute atomic E-state index is 0.0694. The molecule has 1 aliphatic rings. The second-order valence-corrected chi connectivity index (χ2v) is 11.3. The van der Waals surface area contributed by atoms with Crippen LogP contribution in [0, 0.1) is 11.3 Å². The maximum Gasteiger partial charge on any atom is 0.259 e. The minimum Gasteiger partial charge on any atom is -0.321 e. The normalized spacial score (nSPS) is 23.0. The molecule has 0 amide bonds. The lowest BCUT2D eigenvalue weighted by Crippen LogP contribution is -2.38. The van der Waals surface area contributed by atoms with E-state index in [4.69, 9.17) is 14.3 Å². The maximum atomic E-state index is 8.79. The lowest BCUT2D eigenvalue weighted by atomic mass is 10.0. The fraction of sp³-hybridized carbons (Fsp3) is 0.938. The molecule has 2 atom stereocenters. The fourth-order valence-corrected chi connectivity index (χ4v) is 7.25. The Morgan fingerprint density at radius 2 is 1.96 bits per heavy atom. The SMILES string of the molecule is CC(C)N(C(C)C)P(OCCC#N)OC1CCCSSC1(C)C. The van der Waals surface area contributed by atoms with Gasteiger partial charge in [-0.15, -0.1) is 0 Å². The highest BCUT2D eigenvalue weighted by Crippen LogP contribution is 2.52. The molecular formula is C16H31N2O2PS2. The van der Waals surface area contributed by atoms with Gasteiger partial charge in [-0.1, -0.05) is 21.6 Å². The highest BCUT2D eigenvalue weighted by atomic mass is 33.1. The summed E-state index contributed by atoms with van der Waals surface area (Å²) < 4.78 is 15.0. The molecule has 1 aliphatic heterocycles. The Balaban J connectivity index is 2.87. The van der Waals surface area contributed by atoms with Crippen molar-refractivity contribution in [3.8, 4) is 6.07 Å². The molecule has 134 valence electrons. The highest BCUT2D eigenvalue weighted by Gasteiger charge is 2.38. The van der Waals surface area contributed by atoms with Crippen molar-refractivity contribution in [2.75, 3.05) is 12.4 Å². The van der Waals surface area contributed by atoms with Crippen LogP contribution in [0.2, 0.25) is 0 Å². The number of nitrogens with zero attached hydrogens (tertiary/aromatic N) is 2. The van der Waals surface area contributed by atoms with Crippen molar-refractivity contribution in [2.24, 2.45) is 0 Å². The number of rotatable bonds is 8. The molecule has 0 aliphatic carbocycles. The van der Waals surface area contributed by atoms with E-state index >= 15 is 0 Å². The zero-order valence-corrected chi connectivity index (χ0v) is 17.8. The van der Waals surface area contributed by atoms with Gasteiger partial charge in [0.15, 0.2) is 0 Å². The summed E-state index contributed by atoms with van der Waals surface area (Å²) in [6, 6.07) is 2.85. The predicted molar refractivity (Wildman–Crippen MR) is 103 cm³/mol. The van der Waals surface area contributed by atoms with Gasteiger partial charge in [0.1, 0.15) is 0 Å². The standard InChI is InChI=1S/C16H31N2O2PS2/c1-13(2)18(14(3)4)21(19-11-8-10-17)20-15-9-7-12-22-23-16(15,5)6/h13-15H,7-9,11-12H2,1-6H3. The molecule has 4 nitrogen and oxygen atoms in total. The van der Waals surface area contributed by atoms with Crippen LogP contribution in [-0.2, 0) is 9.05 Å². The first-order valence-corrected chi connectivity index (χ1v) is 11.8. The van der Waals surface area contributed by atoms with E-state index in [9.17, 15) is 0 Å². The molecule has 1 saturated heterocycles. The van der Waals surface area contributed by atoms with Crippen LogP contribution in [0.1, 0.15) is 60.8 Å². The summed E-state index contributed by atoms with van der Waals surface area (Å²) in [6.45, 7) is 13.7. The van der Waals surface area contributed by atoms with Gasteiger partial charge in [0, 0.05) is 22.6 Å². The zero-order valence-electron chi connectivity index (χ0n) is 15.2. The summed E-state index contributed by atoms with van der Waals surface area (Å²) in [6.07, 6.45) is 2.83. The quantitative estimate of drug-likeness (QED) is 0.311. The van der Waals surface area contributed by atoms with Gasteiger partial charge in [0.25, 0.3) is 8.53 Å². The molecule has 7 heteroatoms. The Labute approximate surface area is 151 Å². The van der Waals surface area contributed by atoms with E-state index in [2.05, 4.69) is 52.3 Å².